The predicted molar refractivity (Wildman–Crippen MR) is 182 cm³/mol. The zero-order valence-corrected chi connectivity index (χ0v) is 27.8. The maximum Gasteiger partial charge on any atom is 0.406 e. The minimum absolute atomic E-state index is 0.0813. The third-order valence-electron chi connectivity index (χ3n) is 7.76. The van der Waals surface area contributed by atoms with Gasteiger partial charge in [-0.1, -0.05) is 12.0 Å². The number of aromatic nitrogens is 1. The second kappa shape index (κ2) is 16.0. The monoisotopic (exact) mass is 755 g/mol. The second-order valence-electron chi connectivity index (χ2n) is 11.0. The van der Waals surface area contributed by atoms with Crippen LogP contribution in [-0.4, -0.2) is 82.5 Å². The number of alkyl halides is 4. The summed E-state index contributed by atoms with van der Waals surface area (Å²) in [4.78, 5) is 12.0. The van der Waals surface area contributed by atoms with Crippen LogP contribution in [-0.2, 0) is 11.3 Å². The Bertz CT molecular complexity index is 1600. The molecule has 0 radical (unpaired) electrons. The van der Waals surface area contributed by atoms with E-state index in [-0.39, 0.29) is 57.5 Å². The summed E-state index contributed by atoms with van der Waals surface area (Å²) in [6.07, 6.45) is -0.284. The molecule has 1 aromatic heterocycles. The van der Waals surface area contributed by atoms with E-state index in [4.69, 9.17) is 9.47 Å². The van der Waals surface area contributed by atoms with Gasteiger partial charge < -0.3 is 30.0 Å². The number of nitrogens with one attached hydrogen (secondary N) is 3. The van der Waals surface area contributed by atoms with Gasteiger partial charge in [0.25, 0.3) is 5.91 Å². The van der Waals surface area contributed by atoms with Crippen molar-refractivity contribution in [3.8, 4) is 17.6 Å². The molecule has 46 heavy (non-hydrogen) atoms. The minimum Gasteiger partial charge on any atom is -0.489 e. The number of hydrogen-bond acceptors (Lipinski definition) is 6. The number of carbonyl (C=O) groups is 1. The van der Waals surface area contributed by atoms with Gasteiger partial charge in [-0.3, -0.25) is 4.79 Å². The fraction of sp³-hybridized carbons (Fsp3) is 0.455. The first-order valence-electron chi connectivity index (χ1n) is 15.3. The first-order valence-corrected chi connectivity index (χ1v) is 17.3. The summed E-state index contributed by atoms with van der Waals surface area (Å²) in [5.41, 5.74) is 2.35. The summed E-state index contributed by atoms with van der Waals surface area (Å²) < 4.78 is 70.2. The van der Waals surface area contributed by atoms with Gasteiger partial charge in [0.05, 0.1) is 36.7 Å². The van der Waals surface area contributed by atoms with Crippen molar-refractivity contribution in [2.45, 2.75) is 44.4 Å². The topological polar surface area (TPSA) is 79.8 Å². The molecule has 1 saturated heterocycles. The number of amides is 1. The van der Waals surface area contributed by atoms with Gasteiger partial charge in [-0.15, -0.1) is 0 Å². The van der Waals surface area contributed by atoms with E-state index in [1.807, 2.05) is 6.07 Å². The Hall–Kier alpha value is -3.35. The van der Waals surface area contributed by atoms with E-state index in [1.165, 1.54) is 17.7 Å². The molecule has 2 aromatic carbocycles. The van der Waals surface area contributed by atoms with E-state index in [0.717, 1.165) is 57.7 Å². The Morgan fingerprint density at radius 1 is 1.11 bits per heavy atom. The van der Waals surface area contributed by atoms with Crippen LogP contribution in [0.2, 0.25) is 0 Å². The van der Waals surface area contributed by atoms with Crippen LogP contribution >= 0.6 is 21.0 Å². The van der Waals surface area contributed by atoms with Crippen molar-refractivity contribution in [2.75, 3.05) is 63.8 Å². The molecule has 2 fully saturated rings. The molecule has 0 spiro atoms. The van der Waals surface area contributed by atoms with E-state index in [2.05, 4.69) is 30.9 Å². The van der Waals surface area contributed by atoms with Gasteiger partial charge in [-0.25, -0.2) is 7.50 Å². The SMILES string of the molecule is CNC(=O)c1ccc(NCC#Cc2cc3c(NC4CCC(=IN5CCOCC5)CC4)cccc3n2CC(F)(F)F)c(OCCF)c1. The molecule has 248 valence electrons. The average molecular weight is 756 g/mol. The molecule has 1 saturated carbocycles. The summed E-state index contributed by atoms with van der Waals surface area (Å²) in [5, 5.41) is 9.91. The normalized spacial score (nSPS) is 17.3. The lowest BCUT2D eigenvalue weighted by Crippen LogP contribution is -2.31. The molecule has 13 heteroatoms. The fourth-order valence-corrected chi connectivity index (χ4v) is 8.48. The van der Waals surface area contributed by atoms with E-state index in [1.54, 1.807) is 33.8 Å². The molecule has 1 aliphatic carbocycles. The summed E-state index contributed by atoms with van der Waals surface area (Å²) in [6.45, 7) is 1.66. The second-order valence-corrected chi connectivity index (χ2v) is 14.4. The van der Waals surface area contributed by atoms with Gasteiger partial charge in [-0.2, -0.15) is 13.2 Å². The van der Waals surface area contributed by atoms with Crippen molar-refractivity contribution in [3.05, 3.63) is 53.7 Å². The highest BCUT2D eigenvalue weighted by atomic mass is 127. The quantitative estimate of drug-likeness (QED) is 0.100. The molecule has 1 amide bonds. The van der Waals surface area contributed by atoms with E-state index >= 15 is 0 Å². The zero-order chi connectivity index (χ0) is 32.5. The number of anilines is 2. The number of rotatable bonds is 10. The first-order chi connectivity index (χ1) is 22.2. The number of hydrogen-bond donors (Lipinski definition) is 3. The van der Waals surface area contributed by atoms with Crippen molar-refractivity contribution in [2.24, 2.45) is 0 Å². The van der Waals surface area contributed by atoms with Crippen molar-refractivity contribution in [1.82, 2.24) is 13.0 Å². The smallest absolute Gasteiger partial charge is 0.406 e. The van der Waals surface area contributed by atoms with Crippen LogP contribution in [0.1, 0.15) is 41.7 Å². The summed E-state index contributed by atoms with van der Waals surface area (Å²) >= 11 is -0.101. The minimum atomic E-state index is -4.43. The number of nitrogens with zero attached hydrogens (tertiary/aromatic N) is 2. The molecule has 3 aromatic rings. The lowest BCUT2D eigenvalue weighted by molar-refractivity contribution is -0.140. The molecular formula is C33H38F4IN5O3. The molecule has 0 atom stereocenters. The molecule has 0 bridgehead atoms. The number of ether oxygens (including phenoxy) is 2. The van der Waals surface area contributed by atoms with E-state index in [0.29, 0.717) is 22.2 Å². The number of carbonyl (C=O) groups excluding carboxylic acids is 1. The highest BCUT2D eigenvalue weighted by Crippen LogP contribution is 2.33. The summed E-state index contributed by atoms with van der Waals surface area (Å²) in [7, 11) is 1.50. The van der Waals surface area contributed by atoms with Gasteiger partial charge in [0.15, 0.2) is 0 Å². The highest BCUT2D eigenvalue weighted by molar-refractivity contribution is 14.2. The molecule has 0 unspecified atom stereocenters. The van der Waals surface area contributed by atoms with Crippen molar-refractivity contribution < 1.29 is 31.8 Å². The van der Waals surface area contributed by atoms with Crippen LogP contribution in [0.3, 0.4) is 0 Å². The number of morpholine rings is 1. The van der Waals surface area contributed by atoms with Gasteiger partial charge in [-0.05, 0) is 92.5 Å². The Balaban J connectivity index is 1.32. The predicted octanol–water partition coefficient (Wildman–Crippen LogP) is 6.12. The molecule has 8 nitrogen and oxygen atoms in total. The fourth-order valence-electron chi connectivity index (χ4n) is 5.53. The molecule has 3 N–H and O–H groups in total. The van der Waals surface area contributed by atoms with Crippen molar-refractivity contribution in [1.29, 1.82) is 0 Å². The lowest BCUT2D eigenvalue weighted by Gasteiger charge is -2.28. The van der Waals surface area contributed by atoms with Gasteiger partial charge in [0.2, 0.25) is 0 Å². The van der Waals surface area contributed by atoms with Gasteiger partial charge in [0, 0.05) is 42.8 Å². The molecule has 5 rings (SSSR count). The summed E-state index contributed by atoms with van der Waals surface area (Å²) in [5.74, 6) is 5.79. The van der Waals surface area contributed by atoms with Crippen LogP contribution < -0.4 is 20.7 Å². The van der Waals surface area contributed by atoms with E-state index < -0.39 is 19.4 Å². The number of halogens is 5. The standard InChI is InChI=1S/C33H38F4IN5O3/c1-39-32(44)23-7-12-29(31(20-23)46-17-13-34)40-14-3-4-26-21-27-28(5-2-6-30(27)43(26)22-33(35,36)37)41-25-10-8-24(9-11-25)38-42-15-18-45-19-16-42/h2,5-7,12,20-21,25,40-41H,8-11,13-19,22H2,1H3,(H,39,44). The van der Waals surface area contributed by atoms with E-state index in [9.17, 15) is 22.4 Å². The molecule has 2 heterocycles. The number of benzene rings is 2. The first kappa shape index (κ1) is 34.0. The highest BCUT2D eigenvalue weighted by Gasteiger charge is 2.30. The Kier molecular flexibility index (Phi) is 11.8. The van der Waals surface area contributed by atoms with Crippen LogP contribution in [0.15, 0.2) is 42.5 Å². The Morgan fingerprint density at radius 3 is 2.61 bits per heavy atom. The molecular weight excluding hydrogens is 717 g/mol. The van der Waals surface area contributed by atoms with Crippen molar-refractivity contribution >= 4 is 52.7 Å². The third-order valence-corrected chi connectivity index (χ3v) is 11.2. The Labute approximate surface area is 276 Å². The van der Waals surface area contributed by atoms with Crippen LogP contribution in [0.25, 0.3) is 10.9 Å². The van der Waals surface area contributed by atoms with Crippen LogP contribution in [0, 0.1) is 11.8 Å². The van der Waals surface area contributed by atoms with Gasteiger partial charge >= 0.3 is 6.18 Å². The van der Waals surface area contributed by atoms with Gasteiger partial charge in [0.1, 0.15) is 25.6 Å². The molecule has 2 aliphatic rings. The van der Waals surface area contributed by atoms with Crippen molar-refractivity contribution in [3.63, 3.8) is 0 Å². The molecule has 1 aliphatic heterocycles. The maximum absolute atomic E-state index is 13.7. The van der Waals surface area contributed by atoms with Crippen LogP contribution in [0.5, 0.6) is 5.75 Å². The zero-order valence-electron chi connectivity index (χ0n) is 25.6. The van der Waals surface area contributed by atoms with Crippen LogP contribution in [0.4, 0.5) is 28.9 Å². The summed E-state index contributed by atoms with van der Waals surface area (Å²) in [6, 6.07) is 12.1. The average Bonchev–Trinajstić information content (AvgIpc) is 3.39. The number of fused-ring (bicyclic) bond motifs is 1. The Morgan fingerprint density at radius 2 is 1.89 bits per heavy atom. The lowest BCUT2D eigenvalue weighted by atomic mass is 9.95. The third kappa shape index (κ3) is 9.13. The largest absolute Gasteiger partial charge is 0.489 e. The maximum atomic E-state index is 13.7.